The van der Waals surface area contributed by atoms with Crippen molar-refractivity contribution in [2.45, 2.75) is 78.2 Å². The summed E-state index contributed by atoms with van der Waals surface area (Å²) in [6, 6.07) is 12.7. The van der Waals surface area contributed by atoms with E-state index < -0.39 is 11.4 Å². The summed E-state index contributed by atoms with van der Waals surface area (Å²) in [6.45, 7) is 6.72. The number of nitriles is 2. The zero-order valence-corrected chi connectivity index (χ0v) is 24.1. The Balaban J connectivity index is 1.36. The molecule has 3 fully saturated rings. The molecule has 1 heterocycles. The first-order chi connectivity index (χ1) is 19.6. The molecule has 0 unspecified atom stereocenters. The van der Waals surface area contributed by atoms with Crippen molar-refractivity contribution >= 4 is 5.71 Å². The molecule has 4 aliphatic carbocycles. The van der Waals surface area contributed by atoms with E-state index in [-0.39, 0.29) is 39.5 Å². The molecule has 0 aliphatic heterocycles. The Bertz CT molecular complexity index is 1590. The van der Waals surface area contributed by atoms with E-state index in [1.807, 2.05) is 25.1 Å². The van der Waals surface area contributed by atoms with Crippen molar-refractivity contribution in [3.8, 4) is 29.1 Å². The summed E-state index contributed by atoms with van der Waals surface area (Å²) < 4.78 is 0.866. The number of aliphatic hydroxyl groups excluding tert-OH is 1. The molecule has 3 saturated carbocycles. The average molecular weight is 551 g/mol. The predicted molar refractivity (Wildman–Crippen MR) is 157 cm³/mol. The monoisotopic (exact) mass is 550 g/mol. The van der Waals surface area contributed by atoms with Gasteiger partial charge in [0.25, 0.3) is 5.56 Å². The minimum Gasteiger partial charge on any atom is -0.492 e. The van der Waals surface area contributed by atoms with Crippen LogP contribution in [0.5, 0.6) is 5.88 Å². The van der Waals surface area contributed by atoms with Gasteiger partial charge in [0.2, 0.25) is 5.88 Å². The molecule has 0 saturated heterocycles. The number of allylic oxidation sites excluding steroid dienone is 1. The van der Waals surface area contributed by atoms with Crippen molar-refractivity contribution in [1.82, 2.24) is 4.68 Å². The number of nitrogens with zero attached hydrogens (tertiary/aromatic N) is 4. The molecule has 1 aromatic heterocycles. The molecule has 7 heteroatoms. The van der Waals surface area contributed by atoms with Gasteiger partial charge in [-0.1, -0.05) is 55.8 Å². The van der Waals surface area contributed by atoms with Crippen LogP contribution in [0, 0.1) is 57.2 Å². The Labute approximate surface area is 241 Å². The topological polar surface area (TPSA) is 122 Å². The van der Waals surface area contributed by atoms with E-state index in [1.165, 1.54) is 5.57 Å². The van der Waals surface area contributed by atoms with Gasteiger partial charge in [-0.25, -0.2) is 0 Å². The molecule has 0 amide bonds. The molecule has 41 heavy (non-hydrogen) atoms. The van der Waals surface area contributed by atoms with Crippen LogP contribution >= 0.6 is 0 Å². The summed E-state index contributed by atoms with van der Waals surface area (Å²) in [4.78, 5) is 13.5. The zero-order chi connectivity index (χ0) is 29.1. The maximum Gasteiger partial charge on any atom is 0.292 e. The smallest absolute Gasteiger partial charge is 0.292 e. The minimum atomic E-state index is -0.719. The van der Waals surface area contributed by atoms with Gasteiger partial charge < -0.3 is 10.2 Å². The van der Waals surface area contributed by atoms with Crippen LogP contribution in [-0.2, 0) is 0 Å². The van der Waals surface area contributed by atoms with Crippen molar-refractivity contribution in [1.29, 1.82) is 10.5 Å². The molecule has 0 bridgehead atoms. The van der Waals surface area contributed by atoms with Gasteiger partial charge in [-0.2, -0.15) is 20.3 Å². The molecule has 2 aromatic rings. The highest BCUT2D eigenvalue weighted by molar-refractivity contribution is 5.86. The number of benzene rings is 1. The Morgan fingerprint density at radius 1 is 1.02 bits per heavy atom. The lowest BCUT2D eigenvalue weighted by Crippen LogP contribution is -2.51. The molecule has 0 spiro atoms. The van der Waals surface area contributed by atoms with Gasteiger partial charge in [0.15, 0.2) is 0 Å². The van der Waals surface area contributed by atoms with Crippen molar-refractivity contribution in [3.63, 3.8) is 0 Å². The zero-order valence-electron chi connectivity index (χ0n) is 24.1. The summed E-state index contributed by atoms with van der Waals surface area (Å²) >= 11 is 0. The van der Waals surface area contributed by atoms with Crippen molar-refractivity contribution in [2.75, 3.05) is 0 Å². The number of pyridine rings is 1. The van der Waals surface area contributed by atoms with Crippen LogP contribution in [0.1, 0.15) is 83.3 Å². The fourth-order valence-electron chi connectivity index (χ4n) is 9.40. The van der Waals surface area contributed by atoms with Gasteiger partial charge in [0.1, 0.15) is 23.3 Å². The Hall–Kier alpha value is -3.68. The third kappa shape index (κ3) is 4.09. The van der Waals surface area contributed by atoms with Crippen LogP contribution in [0.2, 0.25) is 0 Å². The van der Waals surface area contributed by atoms with Gasteiger partial charge >= 0.3 is 0 Å². The van der Waals surface area contributed by atoms with E-state index in [9.17, 15) is 25.5 Å². The highest BCUT2D eigenvalue weighted by Crippen LogP contribution is 2.66. The van der Waals surface area contributed by atoms with Gasteiger partial charge in [-0.05, 0) is 92.4 Å². The summed E-state index contributed by atoms with van der Waals surface area (Å²) in [6.07, 6.45) is 10.3. The summed E-state index contributed by atoms with van der Waals surface area (Å²) in [5.74, 6) is 1.35. The summed E-state index contributed by atoms with van der Waals surface area (Å²) in [7, 11) is 0. The molecule has 212 valence electrons. The second kappa shape index (κ2) is 10.00. The van der Waals surface area contributed by atoms with Crippen LogP contribution < -0.4 is 5.56 Å². The van der Waals surface area contributed by atoms with E-state index in [4.69, 9.17) is 0 Å². The molecular weight excluding hydrogens is 512 g/mol. The molecule has 7 atom stereocenters. The van der Waals surface area contributed by atoms with Gasteiger partial charge in [-0.15, -0.1) is 0 Å². The van der Waals surface area contributed by atoms with E-state index in [1.54, 1.807) is 24.3 Å². The third-order valence-corrected chi connectivity index (χ3v) is 11.5. The lowest BCUT2D eigenvalue weighted by molar-refractivity contribution is -0.0423. The van der Waals surface area contributed by atoms with Gasteiger partial charge in [-0.3, -0.25) is 4.79 Å². The lowest BCUT2D eigenvalue weighted by atomic mass is 9.47. The molecular formula is C34H38N4O3. The molecule has 6 rings (SSSR count). The first-order valence-electron chi connectivity index (χ1n) is 14.9. The minimum absolute atomic E-state index is 0.0178. The quantitative estimate of drug-likeness (QED) is 0.352. The number of aromatic hydroxyl groups is 1. The van der Waals surface area contributed by atoms with Crippen molar-refractivity contribution < 1.29 is 10.2 Å². The number of aromatic nitrogens is 1. The van der Waals surface area contributed by atoms with Crippen LogP contribution in [0.25, 0.3) is 11.1 Å². The fourth-order valence-corrected chi connectivity index (χ4v) is 9.40. The third-order valence-electron chi connectivity index (χ3n) is 11.5. The van der Waals surface area contributed by atoms with Crippen LogP contribution in [-0.4, -0.2) is 26.7 Å². The van der Waals surface area contributed by atoms with Crippen molar-refractivity contribution in [2.24, 2.45) is 39.6 Å². The number of hydrogen-bond donors (Lipinski definition) is 2. The maximum absolute atomic E-state index is 13.5. The standard InChI is InChI=1S/C34H38N4O3/c1-20(37-38-31(40)25(18-35)30(26(19-36)32(38)41)21-7-5-4-6-8-21)27-11-12-28-24-10-9-22-17-23(39)13-15-33(22,2)29(24)14-16-34(27,28)3/h4-9,23-24,27-29,39-40H,10-17H2,1-3H3/b37-20+/t23-,24-,27+,28-,29-,33-,34+/m0/s1. The summed E-state index contributed by atoms with van der Waals surface area (Å²) in [5, 5.41) is 46.0. The number of aliphatic hydroxyl groups is 1. The van der Waals surface area contributed by atoms with E-state index in [2.05, 4.69) is 25.0 Å². The van der Waals surface area contributed by atoms with Crippen LogP contribution in [0.3, 0.4) is 0 Å². The number of fused-ring (bicyclic) bond motifs is 5. The van der Waals surface area contributed by atoms with E-state index in [0.29, 0.717) is 23.3 Å². The Morgan fingerprint density at radius 2 is 1.76 bits per heavy atom. The molecule has 1 aromatic carbocycles. The first-order valence-corrected chi connectivity index (χ1v) is 14.9. The maximum atomic E-state index is 13.5. The van der Waals surface area contributed by atoms with Crippen LogP contribution in [0.15, 0.2) is 51.9 Å². The van der Waals surface area contributed by atoms with Crippen LogP contribution in [0.4, 0.5) is 0 Å². The summed E-state index contributed by atoms with van der Waals surface area (Å²) in [5.41, 5.74) is 2.02. The average Bonchev–Trinajstić information content (AvgIpc) is 3.33. The number of rotatable bonds is 3. The lowest BCUT2D eigenvalue weighted by Gasteiger charge is -2.58. The molecule has 7 nitrogen and oxygen atoms in total. The molecule has 0 radical (unpaired) electrons. The largest absolute Gasteiger partial charge is 0.492 e. The molecule has 4 aliphatic rings. The second-order valence-corrected chi connectivity index (χ2v) is 13.2. The highest BCUT2D eigenvalue weighted by Gasteiger charge is 2.59. The van der Waals surface area contributed by atoms with Gasteiger partial charge in [0.05, 0.1) is 6.10 Å². The number of hydrogen-bond acceptors (Lipinski definition) is 6. The van der Waals surface area contributed by atoms with E-state index >= 15 is 0 Å². The molecule has 2 N–H and O–H groups in total. The van der Waals surface area contributed by atoms with E-state index in [0.717, 1.165) is 61.8 Å². The SMILES string of the molecule is C/C(=N\n1c(O)c(C#N)c(-c2ccccc2)c(C#N)c1=O)[C@H]1CC[C@H]2[C@@H]3CC=C4C[C@@H](O)CC[C@]4(C)[C@H]3CC[C@]12C. The second-order valence-electron chi connectivity index (χ2n) is 13.2. The van der Waals surface area contributed by atoms with Crippen molar-refractivity contribution in [3.05, 3.63) is 63.5 Å². The Morgan fingerprint density at radius 3 is 2.46 bits per heavy atom. The Kier molecular flexibility index (Phi) is 6.70. The fraction of sp³-hybridized carbons (Fsp3) is 0.529. The predicted octanol–water partition coefficient (Wildman–Crippen LogP) is 6.13. The van der Waals surface area contributed by atoms with Gasteiger partial charge in [0, 0.05) is 17.2 Å². The highest BCUT2D eigenvalue weighted by atomic mass is 16.3. The first kappa shape index (κ1) is 27.5. The normalized spacial score (nSPS) is 34.4.